The standard InChI is InChI=1S/C21H27N3O/c1-22-21(23-15-17-9-4-2-5-10-17)24-16-19-13-8-14-25-20(19)18-11-6-3-7-12-18/h2-7,9-12,19-20H,8,13-16H2,1H3,(H2,22,23,24). The largest absolute Gasteiger partial charge is 0.373 e. The third-order valence-electron chi connectivity index (χ3n) is 4.63. The molecular weight excluding hydrogens is 310 g/mol. The minimum absolute atomic E-state index is 0.162. The van der Waals surface area contributed by atoms with Crippen LogP contribution in [0, 0.1) is 5.92 Å². The Morgan fingerprint density at radius 1 is 1.04 bits per heavy atom. The summed E-state index contributed by atoms with van der Waals surface area (Å²) < 4.78 is 6.07. The van der Waals surface area contributed by atoms with Gasteiger partial charge in [-0.15, -0.1) is 0 Å². The first-order valence-electron chi connectivity index (χ1n) is 9.02. The summed E-state index contributed by atoms with van der Waals surface area (Å²) in [5.74, 6) is 1.28. The second kappa shape index (κ2) is 9.23. The quantitative estimate of drug-likeness (QED) is 0.648. The molecule has 0 saturated carbocycles. The van der Waals surface area contributed by atoms with Gasteiger partial charge in [-0.1, -0.05) is 60.7 Å². The molecule has 2 aromatic rings. The van der Waals surface area contributed by atoms with Crippen LogP contribution in [-0.4, -0.2) is 26.2 Å². The van der Waals surface area contributed by atoms with E-state index in [4.69, 9.17) is 4.74 Å². The topological polar surface area (TPSA) is 45.7 Å². The molecule has 0 spiro atoms. The van der Waals surface area contributed by atoms with Gasteiger partial charge in [0.1, 0.15) is 0 Å². The Hall–Kier alpha value is -2.33. The van der Waals surface area contributed by atoms with Crippen molar-refractivity contribution < 1.29 is 4.74 Å². The zero-order valence-electron chi connectivity index (χ0n) is 14.8. The molecule has 0 bridgehead atoms. The molecule has 0 radical (unpaired) electrons. The summed E-state index contributed by atoms with van der Waals surface area (Å²) in [5.41, 5.74) is 2.51. The molecule has 4 nitrogen and oxygen atoms in total. The molecule has 2 atom stereocenters. The lowest BCUT2D eigenvalue weighted by atomic mass is 9.89. The van der Waals surface area contributed by atoms with E-state index < -0.39 is 0 Å². The summed E-state index contributed by atoms with van der Waals surface area (Å²) in [7, 11) is 1.81. The monoisotopic (exact) mass is 337 g/mol. The highest BCUT2D eigenvalue weighted by Crippen LogP contribution is 2.32. The first-order chi connectivity index (χ1) is 12.4. The lowest BCUT2D eigenvalue weighted by Crippen LogP contribution is -2.41. The van der Waals surface area contributed by atoms with Crippen LogP contribution in [0.2, 0.25) is 0 Å². The lowest BCUT2D eigenvalue weighted by Gasteiger charge is -2.32. The number of rotatable bonds is 5. The molecule has 1 aliphatic rings. The molecule has 2 unspecified atom stereocenters. The molecule has 132 valence electrons. The van der Waals surface area contributed by atoms with Gasteiger partial charge in [0.2, 0.25) is 0 Å². The van der Waals surface area contributed by atoms with Gasteiger partial charge in [-0.25, -0.2) is 0 Å². The highest BCUT2D eigenvalue weighted by atomic mass is 16.5. The molecule has 1 heterocycles. The fraction of sp³-hybridized carbons (Fsp3) is 0.381. The van der Waals surface area contributed by atoms with E-state index in [1.165, 1.54) is 17.5 Å². The SMILES string of the molecule is CN=C(NCc1ccccc1)NCC1CCCOC1c1ccccc1. The first kappa shape index (κ1) is 17.5. The van der Waals surface area contributed by atoms with E-state index in [0.717, 1.165) is 32.1 Å². The van der Waals surface area contributed by atoms with E-state index in [9.17, 15) is 0 Å². The predicted octanol–water partition coefficient (Wildman–Crippen LogP) is 3.52. The van der Waals surface area contributed by atoms with E-state index in [2.05, 4.69) is 70.2 Å². The first-order valence-corrected chi connectivity index (χ1v) is 9.02. The van der Waals surface area contributed by atoms with Crippen LogP contribution in [0.5, 0.6) is 0 Å². The van der Waals surface area contributed by atoms with E-state index in [-0.39, 0.29) is 6.10 Å². The minimum Gasteiger partial charge on any atom is -0.373 e. The molecule has 2 N–H and O–H groups in total. The van der Waals surface area contributed by atoms with E-state index >= 15 is 0 Å². The number of ether oxygens (including phenoxy) is 1. The molecule has 1 fully saturated rings. The molecule has 0 amide bonds. The maximum atomic E-state index is 6.07. The van der Waals surface area contributed by atoms with Crippen LogP contribution in [0.25, 0.3) is 0 Å². The summed E-state index contributed by atoms with van der Waals surface area (Å²) in [4.78, 5) is 4.34. The van der Waals surface area contributed by atoms with Gasteiger partial charge in [0.15, 0.2) is 5.96 Å². The third kappa shape index (κ3) is 5.07. The van der Waals surface area contributed by atoms with Crippen molar-refractivity contribution in [3.05, 3.63) is 71.8 Å². The second-order valence-corrected chi connectivity index (χ2v) is 6.40. The Morgan fingerprint density at radius 2 is 1.76 bits per heavy atom. The Bertz CT molecular complexity index is 657. The van der Waals surface area contributed by atoms with Gasteiger partial charge in [0.25, 0.3) is 0 Å². The molecule has 4 heteroatoms. The molecular formula is C21H27N3O. The van der Waals surface area contributed by atoms with Crippen LogP contribution in [0.4, 0.5) is 0 Å². The zero-order valence-corrected chi connectivity index (χ0v) is 14.8. The van der Waals surface area contributed by atoms with Crippen LogP contribution in [0.3, 0.4) is 0 Å². The normalized spacial score (nSPS) is 20.9. The second-order valence-electron chi connectivity index (χ2n) is 6.40. The average Bonchev–Trinajstić information content (AvgIpc) is 2.70. The number of benzene rings is 2. The van der Waals surface area contributed by atoms with Crippen molar-refractivity contribution in [1.82, 2.24) is 10.6 Å². The van der Waals surface area contributed by atoms with Gasteiger partial charge >= 0.3 is 0 Å². The van der Waals surface area contributed by atoms with Crippen LogP contribution in [0.15, 0.2) is 65.7 Å². The van der Waals surface area contributed by atoms with Gasteiger partial charge in [0.05, 0.1) is 6.10 Å². The number of nitrogens with one attached hydrogen (secondary N) is 2. The van der Waals surface area contributed by atoms with E-state index in [1.54, 1.807) is 0 Å². The summed E-state index contributed by atoms with van der Waals surface area (Å²) >= 11 is 0. The summed E-state index contributed by atoms with van der Waals surface area (Å²) in [6.45, 7) is 2.47. The van der Waals surface area contributed by atoms with E-state index in [1.807, 2.05) is 13.1 Å². The van der Waals surface area contributed by atoms with Crippen molar-refractivity contribution in [1.29, 1.82) is 0 Å². The zero-order chi connectivity index (χ0) is 17.3. The van der Waals surface area contributed by atoms with Crippen molar-refractivity contribution >= 4 is 5.96 Å². The molecule has 3 rings (SSSR count). The number of guanidine groups is 1. The Kier molecular flexibility index (Phi) is 6.46. The maximum absolute atomic E-state index is 6.07. The molecule has 1 aliphatic heterocycles. The lowest BCUT2D eigenvalue weighted by molar-refractivity contribution is -0.0265. The highest BCUT2D eigenvalue weighted by molar-refractivity contribution is 5.79. The van der Waals surface area contributed by atoms with Gasteiger partial charge in [0, 0.05) is 32.7 Å². The van der Waals surface area contributed by atoms with Crippen LogP contribution in [-0.2, 0) is 11.3 Å². The highest BCUT2D eigenvalue weighted by Gasteiger charge is 2.27. The number of nitrogens with zero attached hydrogens (tertiary/aromatic N) is 1. The average molecular weight is 337 g/mol. The number of aliphatic imine (C=N–C) groups is 1. The minimum atomic E-state index is 0.162. The van der Waals surface area contributed by atoms with Crippen molar-refractivity contribution in [2.45, 2.75) is 25.5 Å². The van der Waals surface area contributed by atoms with Crippen molar-refractivity contribution in [2.24, 2.45) is 10.9 Å². The van der Waals surface area contributed by atoms with Crippen LogP contribution < -0.4 is 10.6 Å². The predicted molar refractivity (Wildman–Crippen MR) is 103 cm³/mol. The molecule has 25 heavy (non-hydrogen) atoms. The van der Waals surface area contributed by atoms with Gasteiger partial charge < -0.3 is 15.4 Å². The molecule has 2 aromatic carbocycles. The van der Waals surface area contributed by atoms with Crippen molar-refractivity contribution in [2.75, 3.05) is 20.2 Å². The fourth-order valence-corrected chi connectivity index (χ4v) is 3.29. The van der Waals surface area contributed by atoms with Gasteiger partial charge in [-0.2, -0.15) is 0 Å². The van der Waals surface area contributed by atoms with Crippen molar-refractivity contribution in [3.63, 3.8) is 0 Å². The maximum Gasteiger partial charge on any atom is 0.191 e. The number of hydrogen-bond acceptors (Lipinski definition) is 2. The number of hydrogen-bond donors (Lipinski definition) is 2. The Balaban J connectivity index is 1.54. The van der Waals surface area contributed by atoms with Crippen molar-refractivity contribution in [3.8, 4) is 0 Å². The summed E-state index contributed by atoms with van der Waals surface area (Å²) in [6.07, 6.45) is 2.45. The molecule has 0 aromatic heterocycles. The summed E-state index contributed by atoms with van der Waals surface area (Å²) in [6, 6.07) is 20.9. The van der Waals surface area contributed by atoms with Crippen LogP contribution >= 0.6 is 0 Å². The Labute approximate surface area is 150 Å². The third-order valence-corrected chi connectivity index (χ3v) is 4.63. The summed E-state index contributed by atoms with van der Waals surface area (Å²) in [5, 5.41) is 6.85. The van der Waals surface area contributed by atoms with Crippen LogP contribution in [0.1, 0.15) is 30.1 Å². The Morgan fingerprint density at radius 3 is 2.48 bits per heavy atom. The van der Waals surface area contributed by atoms with Gasteiger partial charge in [-0.05, 0) is 24.0 Å². The smallest absolute Gasteiger partial charge is 0.191 e. The fourth-order valence-electron chi connectivity index (χ4n) is 3.29. The molecule has 0 aliphatic carbocycles. The van der Waals surface area contributed by atoms with E-state index in [0.29, 0.717) is 5.92 Å². The van der Waals surface area contributed by atoms with Gasteiger partial charge in [-0.3, -0.25) is 4.99 Å². The molecule has 1 saturated heterocycles.